The molecular formula is C40H36IrN2OSi-2. The average molecular weight is 795 g/mol. The second-order valence-corrected chi connectivity index (χ2v) is 16.2. The third-order valence-electron chi connectivity index (χ3n) is 7.15. The van der Waals surface area contributed by atoms with Gasteiger partial charge in [-0.05, 0) is 59.4 Å². The summed E-state index contributed by atoms with van der Waals surface area (Å²) >= 11 is 0. The molecule has 0 spiro atoms. The van der Waals surface area contributed by atoms with Crippen LogP contribution in [0, 0.1) is 32.7 Å². The smallest absolute Gasteiger partial charge is 0.124 e. The molecule has 7 rings (SSSR count). The van der Waals surface area contributed by atoms with Crippen LogP contribution in [0.25, 0.3) is 55.6 Å². The molecule has 0 fully saturated rings. The Morgan fingerprint density at radius 3 is 2.24 bits per heavy atom. The van der Waals surface area contributed by atoms with Gasteiger partial charge in [0.15, 0.2) is 0 Å². The first-order valence-corrected chi connectivity index (χ1v) is 17.3. The number of rotatable bonds is 4. The fourth-order valence-corrected chi connectivity index (χ4v) is 5.77. The van der Waals surface area contributed by atoms with Crippen molar-refractivity contribution in [1.82, 2.24) is 9.97 Å². The molecule has 0 aliphatic carbocycles. The molecule has 227 valence electrons. The van der Waals surface area contributed by atoms with Gasteiger partial charge in [0.05, 0.1) is 20.5 Å². The summed E-state index contributed by atoms with van der Waals surface area (Å²) in [5, 5.41) is 2.14. The van der Waals surface area contributed by atoms with Crippen LogP contribution in [0.5, 0.6) is 0 Å². The number of nitrogens with zero attached hydrogens (tertiary/aromatic N) is 2. The largest absolute Gasteiger partial charge is 0.500 e. The zero-order valence-electron chi connectivity index (χ0n) is 38.6. The van der Waals surface area contributed by atoms with Gasteiger partial charge in [0, 0.05) is 50.2 Å². The van der Waals surface area contributed by atoms with Crippen LogP contribution in [0.1, 0.15) is 35.9 Å². The van der Waals surface area contributed by atoms with Crippen molar-refractivity contribution >= 4 is 35.2 Å². The number of hydrogen-bond acceptors (Lipinski definition) is 3. The van der Waals surface area contributed by atoms with Gasteiger partial charge < -0.3 is 14.4 Å². The summed E-state index contributed by atoms with van der Waals surface area (Å²) in [5.74, 6) is 0. The molecule has 0 N–H and O–H groups in total. The normalized spacial score (nSPS) is 16.5. The number of hydrogen-bond donors (Lipinski definition) is 0. The van der Waals surface area contributed by atoms with Crippen LogP contribution in [0.15, 0.2) is 114 Å². The molecule has 3 heterocycles. The Kier molecular flexibility index (Phi) is 5.60. The van der Waals surface area contributed by atoms with E-state index in [1.54, 1.807) is 6.07 Å². The molecule has 4 aromatic carbocycles. The molecule has 45 heavy (non-hydrogen) atoms. The van der Waals surface area contributed by atoms with Gasteiger partial charge >= 0.3 is 0 Å². The topological polar surface area (TPSA) is 38.9 Å². The van der Waals surface area contributed by atoms with E-state index in [9.17, 15) is 0 Å². The molecule has 0 aliphatic heterocycles. The zero-order valence-corrected chi connectivity index (χ0v) is 28.0. The summed E-state index contributed by atoms with van der Waals surface area (Å²) in [5.41, 5.74) is 0.511. The van der Waals surface area contributed by atoms with E-state index >= 15 is 0 Å². The predicted octanol–water partition coefficient (Wildman–Crippen LogP) is 10.1. The molecule has 3 nitrogen and oxygen atoms in total. The molecular weight excluding hydrogens is 745 g/mol. The second kappa shape index (κ2) is 13.5. The van der Waals surface area contributed by atoms with Gasteiger partial charge in [-0.15, -0.1) is 54.1 Å². The molecule has 0 bridgehead atoms. The Morgan fingerprint density at radius 1 is 0.756 bits per heavy atom. The Labute approximate surface area is 300 Å². The average Bonchev–Trinajstić information content (AvgIpc) is 3.54. The van der Waals surface area contributed by atoms with Crippen LogP contribution in [0.3, 0.4) is 0 Å². The molecule has 0 saturated carbocycles. The van der Waals surface area contributed by atoms with E-state index in [0.29, 0.717) is 10.8 Å². The summed E-state index contributed by atoms with van der Waals surface area (Å²) < 4.78 is 118. The zero-order chi connectivity index (χ0) is 42.7. The molecule has 3 aromatic heterocycles. The molecule has 0 unspecified atom stereocenters. The number of pyridine rings is 2. The van der Waals surface area contributed by atoms with E-state index in [1.165, 1.54) is 23.4 Å². The van der Waals surface area contributed by atoms with Crippen molar-refractivity contribution in [2.45, 2.75) is 40.2 Å². The first-order chi connectivity index (χ1) is 26.9. The maximum absolute atomic E-state index is 8.38. The molecule has 7 aromatic rings. The number of aromatic nitrogens is 2. The van der Waals surface area contributed by atoms with Gasteiger partial charge in [-0.25, -0.2) is 0 Å². The number of furan rings is 1. The van der Waals surface area contributed by atoms with E-state index in [0.717, 1.165) is 23.5 Å². The van der Waals surface area contributed by atoms with Crippen molar-refractivity contribution in [3.8, 4) is 33.6 Å². The Morgan fingerprint density at radius 2 is 1.56 bits per heavy atom. The molecule has 5 heteroatoms. The SMILES string of the molecule is C[Si](C)(C)c1ccc(-c2[c-]cccc2)nc1.[2H]c1c([2H])c([2H])c(-c2ccc3c(oc4c(-c5cc(C([2H])([2H])[2H])c(C([2H])([2H])[2H])cn5)[c-]ccc43)c2C([2H])([2H])[2H])c([2H])c1[2H].[Ir]. The summed E-state index contributed by atoms with van der Waals surface area (Å²) in [6.45, 7) is -1.38. The van der Waals surface area contributed by atoms with Crippen LogP contribution in [0.4, 0.5) is 0 Å². The van der Waals surface area contributed by atoms with Crippen molar-refractivity contribution in [2.24, 2.45) is 0 Å². The minimum Gasteiger partial charge on any atom is -0.500 e. The number of aryl methyl sites for hydroxylation is 3. The quantitative estimate of drug-likeness (QED) is 0.132. The standard InChI is InChI=1S/C26H20NO.C14H16NSi.Ir/c1-16-14-24(27-15-17(16)2)23-11-7-10-21-22-13-12-20(19-8-5-4-6-9-19)18(3)25(22)28-26(21)23;1-16(2,3)13-9-10-14(15-11-13)12-7-5-4-6-8-12;/h4-10,12-15H,1-3H3;4-7,9-11H,1-3H3;/q2*-1;/i1D3,2D3,3D3,4D,5D,6D,8D,9D;;. The minimum absolute atomic E-state index is 0. The molecule has 0 amide bonds. The van der Waals surface area contributed by atoms with Gasteiger partial charge in [0.25, 0.3) is 0 Å². The Hall–Kier alpha value is -4.15. The number of fused-ring (bicyclic) bond motifs is 3. The maximum atomic E-state index is 8.38. The Balaban J connectivity index is 0.000000326. The minimum atomic E-state index is -2.86. The predicted molar refractivity (Wildman–Crippen MR) is 187 cm³/mol. The van der Waals surface area contributed by atoms with Crippen molar-refractivity contribution < 1.29 is 43.7 Å². The van der Waals surface area contributed by atoms with Gasteiger partial charge in [-0.2, -0.15) is 0 Å². The third-order valence-corrected chi connectivity index (χ3v) is 9.17. The van der Waals surface area contributed by atoms with E-state index in [1.807, 2.05) is 30.5 Å². The van der Waals surface area contributed by atoms with Crippen molar-refractivity contribution in [3.63, 3.8) is 0 Å². The Bertz CT molecular complexity index is 2640. The third kappa shape index (κ3) is 6.77. The van der Waals surface area contributed by atoms with Gasteiger partial charge in [0.2, 0.25) is 0 Å². The van der Waals surface area contributed by atoms with E-state index in [4.69, 9.17) is 23.6 Å². The van der Waals surface area contributed by atoms with Gasteiger partial charge in [0.1, 0.15) is 5.58 Å². The van der Waals surface area contributed by atoms with Crippen molar-refractivity contribution in [3.05, 3.63) is 138 Å². The van der Waals surface area contributed by atoms with E-state index in [-0.39, 0.29) is 59.2 Å². The van der Waals surface area contributed by atoms with Crippen molar-refractivity contribution in [1.29, 1.82) is 0 Å². The van der Waals surface area contributed by atoms with Crippen LogP contribution in [-0.2, 0) is 20.1 Å². The van der Waals surface area contributed by atoms with E-state index < -0.39 is 70.0 Å². The second-order valence-electron chi connectivity index (χ2n) is 11.1. The van der Waals surface area contributed by atoms with Crippen LogP contribution in [-0.4, -0.2) is 18.0 Å². The molecule has 1 radical (unpaired) electrons. The summed E-state index contributed by atoms with van der Waals surface area (Å²) in [7, 11) is -1.23. The van der Waals surface area contributed by atoms with Crippen LogP contribution in [0.2, 0.25) is 19.6 Å². The molecule has 0 aliphatic rings. The fraction of sp³-hybridized carbons (Fsp3) is 0.150. The monoisotopic (exact) mass is 795 g/mol. The number of benzene rings is 4. The van der Waals surface area contributed by atoms with Crippen molar-refractivity contribution in [2.75, 3.05) is 0 Å². The fourth-order valence-electron chi connectivity index (χ4n) is 4.73. The maximum Gasteiger partial charge on any atom is 0.124 e. The first kappa shape index (κ1) is 18.7. The molecule has 0 atom stereocenters. The summed E-state index contributed by atoms with van der Waals surface area (Å²) in [6.07, 6.45) is 2.98. The van der Waals surface area contributed by atoms with Crippen LogP contribution < -0.4 is 5.19 Å². The molecule has 0 saturated heterocycles. The summed E-state index contributed by atoms with van der Waals surface area (Å²) in [4.78, 5) is 8.69. The summed E-state index contributed by atoms with van der Waals surface area (Å²) in [6, 6.07) is 22.4. The van der Waals surface area contributed by atoms with Gasteiger partial charge in [-0.1, -0.05) is 96.7 Å². The van der Waals surface area contributed by atoms with E-state index in [2.05, 4.69) is 53.9 Å². The van der Waals surface area contributed by atoms with Crippen LogP contribution >= 0.6 is 0 Å². The first-order valence-electron chi connectivity index (χ1n) is 20.8. The van der Waals surface area contributed by atoms with Gasteiger partial charge in [-0.3, -0.25) is 0 Å².